The van der Waals surface area contributed by atoms with E-state index in [1.54, 1.807) is 12.1 Å². The van der Waals surface area contributed by atoms with Crippen molar-refractivity contribution in [1.82, 2.24) is 10.6 Å². The van der Waals surface area contributed by atoms with E-state index < -0.39 is 12.6 Å². The van der Waals surface area contributed by atoms with Gasteiger partial charge in [0.25, 0.3) is 0 Å². The zero-order valence-corrected chi connectivity index (χ0v) is 16.8. The molecule has 2 N–H and O–H groups in total. The molecular weight excluding hydrogens is 454 g/mol. The number of hydrogen-bond donors (Lipinski definition) is 2. The predicted molar refractivity (Wildman–Crippen MR) is 100 cm³/mol. The number of rotatable bonds is 7. The second kappa shape index (κ2) is 11.1. The van der Waals surface area contributed by atoms with Crippen molar-refractivity contribution in [3.05, 3.63) is 17.7 Å². The molecule has 1 rings (SSSR count). The van der Waals surface area contributed by atoms with Gasteiger partial charge >= 0.3 is 6.18 Å². The molecule has 10 heteroatoms. The van der Waals surface area contributed by atoms with Gasteiger partial charge in [-0.25, -0.2) is 0 Å². The van der Waals surface area contributed by atoms with Crippen molar-refractivity contribution in [3.63, 3.8) is 0 Å². The quantitative estimate of drug-likeness (QED) is 0.360. The summed E-state index contributed by atoms with van der Waals surface area (Å²) in [5, 5.41) is 5.54. The Hall–Kier alpha value is -1.59. The molecule has 0 aliphatic rings. The molecule has 0 heterocycles. The number of benzene rings is 1. The number of ether oxygens (including phenoxy) is 3. The summed E-state index contributed by atoms with van der Waals surface area (Å²) in [7, 11) is 6.02. The maximum absolute atomic E-state index is 12.2. The van der Waals surface area contributed by atoms with Gasteiger partial charge in [-0.15, -0.1) is 24.0 Å². The standard InChI is InChI=1S/C15H22F3N3O3.HI/c1-19-14(20-6-5-15(16,17)18)21-9-10-7-12(23-3)13(24-4)8-11(10)22-2;/h7-8H,5-6,9H2,1-4H3,(H2,19,20,21);1H. The summed E-state index contributed by atoms with van der Waals surface area (Å²) >= 11 is 0. The molecule has 0 saturated carbocycles. The van der Waals surface area contributed by atoms with Gasteiger partial charge in [0.2, 0.25) is 0 Å². The third-order valence-electron chi connectivity index (χ3n) is 3.16. The van der Waals surface area contributed by atoms with Gasteiger partial charge in [0.1, 0.15) is 5.75 Å². The van der Waals surface area contributed by atoms with Crippen LogP contribution in [0.5, 0.6) is 17.2 Å². The monoisotopic (exact) mass is 477 g/mol. The van der Waals surface area contributed by atoms with Crippen LogP contribution in [0.1, 0.15) is 12.0 Å². The highest BCUT2D eigenvalue weighted by Gasteiger charge is 2.26. The van der Waals surface area contributed by atoms with Crippen molar-refractivity contribution in [3.8, 4) is 17.2 Å². The van der Waals surface area contributed by atoms with E-state index in [2.05, 4.69) is 15.6 Å². The first-order valence-corrected chi connectivity index (χ1v) is 7.14. The SMILES string of the molecule is CN=C(NCCC(F)(F)F)NCc1cc(OC)c(OC)cc1OC.I. The topological polar surface area (TPSA) is 64.1 Å². The van der Waals surface area contributed by atoms with E-state index in [-0.39, 0.29) is 43.0 Å². The second-order valence-electron chi connectivity index (χ2n) is 4.74. The summed E-state index contributed by atoms with van der Waals surface area (Å²) in [6, 6.07) is 3.41. The Morgan fingerprint density at radius 3 is 2.04 bits per heavy atom. The minimum Gasteiger partial charge on any atom is -0.496 e. The molecule has 0 bridgehead atoms. The molecule has 0 unspecified atom stereocenters. The molecular formula is C15H23F3IN3O3. The predicted octanol–water partition coefficient (Wildman–Crippen LogP) is 2.95. The Balaban J connectivity index is 0.00000576. The number of hydrogen-bond acceptors (Lipinski definition) is 4. The third kappa shape index (κ3) is 7.88. The number of aliphatic imine (C=N–C) groups is 1. The summed E-state index contributed by atoms with van der Waals surface area (Å²) < 4.78 is 52.2. The highest BCUT2D eigenvalue weighted by Crippen LogP contribution is 2.34. The molecule has 0 amide bonds. The second-order valence-corrected chi connectivity index (χ2v) is 4.74. The smallest absolute Gasteiger partial charge is 0.390 e. The fourth-order valence-electron chi connectivity index (χ4n) is 1.95. The lowest BCUT2D eigenvalue weighted by atomic mass is 10.1. The van der Waals surface area contributed by atoms with Crippen molar-refractivity contribution < 1.29 is 27.4 Å². The van der Waals surface area contributed by atoms with Crippen LogP contribution in [0.4, 0.5) is 13.2 Å². The van der Waals surface area contributed by atoms with Crippen LogP contribution in [-0.2, 0) is 6.54 Å². The summed E-state index contributed by atoms with van der Waals surface area (Å²) in [6.45, 7) is 0.0292. The number of nitrogens with zero attached hydrogens (tertiary/aromatic N) is 1. The number of alkyl halides is 3. The number of guanidine groups is 1. The highest BCUT2D eigenvalue weighted by molar-refractivity contribution is 14.0. The summed E-state index contributed by atoms with van der Waals surface area (Å²) in [5.74, 6) is 1.86. The number of halogens is 4. The average Bonchev–Trinajstić information content (AvgIpc) is 2.55. The molecule has 0 aromatic heterocycles. The third-order valence-corrected chi connectivity index (χ3v) is 3.16. The normalized spacial score (nSPS) is 11.4. The Kier molecular flexibility index (Phi) is 10.4. The molecule has 6 nitrogen and oxygen atoms in total. The molecule has 25 heavy (non-hydrogen) atoms. The Morgan fingerprint density at radius 2 is 1.56 bits per heavy atom. The van der Waals surface area contributed by atoms with Gasteiger partial charge in [0.05, 0.1) is 27.8 Å². The highest BCUT2D eigenvalue weighted by atomic mass is 127. The minimum absolute atomic E-state index is 0. The molecule has 0 spiro atoms. The van der Waals surface area contributed by atoms with Gasteiger partial charge in [-0.3, -0.25) is 4.99 Å². The molecule has 0 atom stereocenters. The first-order valence-electron chi connectivity index (χ1n) is 7.14. The molecule has 0 fully saturated rings. The van der Waals surface area contributed by atoms with Crippen LogP contribution in [0, 0.1) is 0 Å². The van der Waals surface area contributed by atoms with E-state index in [4.69, 9.17) is 14.2 Å². The zero-order valence-electron chi connectivity index (χ0n) is 14.5. The largest absolute Gasteiger partial charge is 0.496 e. The van der Waals surface area contributed by atoms with Crippen molar-refractivity contribution in [1.29, 1.82) is 0 Å². The van der Waals surface area contributed by atoms with Gasteiger partial charge in [-0.2, -0.15) is 13.2 Å². The fraction of sp³-hybridized carbons (Fsp3) is 0.533. The van der Waals surface area contributed by atoms with E-state index in [0.717, 1.165) is 5.56 Å². The van der Waals surface area contributed by atoms with Crippen LogP contribution >= 0.6 is 24.0 Å². The van der Waals surface area contributed by atoms with Crippen molar-refractivity contribution in [2.24, 2.45) is 4.99 Å². The van der Waals surface area contributed by atoms with Gasteiger partial charge in [-0.05, 0) is 6.07 Å². The molecule has 144 valence electrons. The molecule has 1 aromatic carbocycles. The van der Waals surface area contributed by atoms with E-state index in [1.807, 2.05) is 0 Å². The summed E-state index contributed by atoms with van der Waals surface area (Å²) in [4.78, 5) is 3.88. The Morgan fingerprint density at radius 1 is 1.00 bits per heavy atom. The van der Waals surface area contributed by atoms with Crippen LogP contribution < -0.4 is 24.8 Å². The number of methoxy groups -OCH3 is 3. The average molecular weight is 477 g/mol. The van der Waals surface area contributed by atoms with Crippen LogP contribution in [0.15, 0.2) is 17.1 Å². The Bertz CT molecular complexity index is 569. The first kappa shape index (κ1) is 23.4. The zero-order chi connectivity index (χ0) is 18.2. The maximum atomic E-state index is 12.2. The summed E-state index contributed by atoms with van der Waals surface area (Å²) in [5.41, 5.74) is 0.744. The molecule has 1 aromatic rings. The fourth-order valence-corrected chi connectivity index (χ4v) is 1.95. The van der Waals surface area contributed by atoms with E-state index >= 15 is 0 Å². The van der Waals surface area contributed by atoms with E-state index in [9.17, 15) is 13.2 Å². The summed E-state index contributed by atoms with van der Waals surface area (Å²) in [6.07, 6.45) is -5.15. The first-order chi connectivity index (χ1) is 11.3. The lowest BCUT2D eigenvalue weighted by Gasteiger charge is -2.16. The maximum Gasteiger partial charge on any atom is 0.390 e. The van der Waals surface area contributed by atoms with Gasteiger partial charge in [-0.1, -0.05) is 0 Å². The van der Waals surface area contributed by atoms with Gasteiger partial charge in [0.15, 0.2) is 17.5 Å². The molecule has 0 radical (unpaired) electrons. The van der Waals surface area contributed by atoms with Crippen molar-refractivity contribution in [2.75, 3.05) is 34.9 Å². The molecule has 0 aliphatic carbocycles. The lowest BCUT2D eigenvalue weighted by molar-refractivity contribution is -0.132. The lowest BCUT2D eigenvalue weighted by Crippen LogP contribution is -2.38. The van der Waals surface area contributed by atoms with Crippen LogP contribution in [0.3, 0.4) is 0 Å². The van der Waals surface area contributed by atoms with Crippen molar-refractivity contribution in [2.45, 2.75) is 19.1 Å². The van der Waals surface area contributed by atoms with Gasteiger partial charge < -0.3 is 24.8 Å². The number of nitrogens with one attached hydrogen (secondary N) is 2. The minimum atomic E-state index is -4.21. The van der Waals surface area contributed by atoms with Crippen LogP contribution in [0.2, 0.25) is 0 Å². The molecule has 0 aliphatic heterocycles. The van der Waals surface area contributed by atoms with Crippen LogP contribution in [0.25, 0.3) is 0 Å². The van der Waals surface area contributed by atoms with Crippen molar-refractivity contribution >= 4 is 29.9 Å². The van der Waals surface area contributed by atoms with Crippen LogP contribution in [-0.4, -0.2) is 47.1 Å². The van der Waals surface area contributed by atoms with E-state index in [0.29, 0.717) is 17.2 Å². The van der Waals surface area contributed by atoms with Gasteiger partial charge in [0, 0.05) is 31.8 Å². The van der Waals surface area contributed by atoms with E-state index in [1.165, 1.54) is 28.4 Å². The Labute approximate surface area is 162 Å². The molecule has 0 saturated heterocycles.